The first-order valence-electron chi connectivity index (χ1n) is 8.10. The van der Waals surface area contributed by atoms with Crippen LogP contribution in [0, 0.1) is 0 Å². The Balaban J connectivity index is 1.91. The Morgan fingerprint density at radius 1 is 1.00 bits per heavy atom. The molecular weight excluding hydrogens is 372 g/mol. The number of carbonyl (C=O) groups excluding carboxylic acids is 3. The summed E-state index contributed by atoms with van der Waals surface area (Å²) in [7, 11) is 1.45. The zero-order valence-electron chi connectivity index (χ0n) is 14.7. The van der Waals surface area contributed by atoms with Crippen LogP contribution in [-0.2, 0) is 20.9 Å². The number of carbonyl (C=O) groups is 3. The molecule has 2 amide bonds. The molecule has 0 aliphatic carbocycles. The fourth-order valence-corrected chi connectivity index (χ4v) is 2.16. The third kappa shape index (κ3) is 6.63. The zero-order chi connectivity index (χ0) is 19.6. The van der Waals surface area contributed by atoms with E-state index >= 15 is 0 Å². The summed E-state index contributed by atoms with van der Waals surface area (Å²) in [5.41, 5.74) is 1.08. The van der Waals surface area contributed by atoms with Gasteiger partial charge in [0.1, 0.15) is 17.9 Å². The number of ether oxygens (including phenoxy) is 2. The maximum atomic E-state index is 12.2. The number of benzene rings is 2. The SMILES string of the molecule is CNC(=O)CNC(=O)COC(=O)c1ccccc1OCc1ccc(Cl)cc1. The van der Waals surface area contributed by atoms with Gasteiger partial charge in [0.2, 0.25) is 5.91 Å². The summed E-state index contributed by atoms with van der Waals surface area (Å²) >= 11 is 5.85. The van der Waals surface area contributed by atoms with Crippen molar-refractivity contribution in [2.75, 3.05) is 20.2 Å². The van der Waals surface area contributed by atoms with Gasteiger partial charge < -0.3 is 20.1 Å². The number of hydrogen-bond donors (Lipinski definition) is 2. The van der Waals surface area contributed by atoms with E-state index in [1.54, 1.807) is 36.4 Å². The van der Waals surface area contributed by atoms with Gasteiger partial charge in [-0.3, -0.25) is 9.59 Å². The van der Waals surface area contributed by atoms with E-state index in [4.69, 9.17) is 21.1 Å². The van der Waals surface area contributed by atoms with Crippen molar-refractivity contribution in [1.82, 2.24) is 10.6 Å². The maximum absolute atomic E-state index is 12.2. The highest BCUT2D eigenvalue weighted by Crippen LogP contribution is 2.21. The Bertz CT molecular complexity index is 808. The molecule has 0 spiro atoms. The molecule has 27 heavy (non-hydrogen) atoms. The van der Waals surface area contributed by atoms with Crippen molar-refractivity contribution in [2.24, 2.45) is 0 Å². The van der Waals surface area contributed by atoms with E-state index in [0.717, 1.165) is 5.56 Å². The van der Waals surface area contributed by atoms with Gasteiger partial charge in [0.15, 0.2) is 6.61 Å². The molecule has 142 valence electrons. The molecule has 2 rings (SSSR count). The second kappa shape index (κ2) is 10.2. The van der Waals surface area contributed by atoms with E-state index < -0.39 is 18.5 Å². The monoisotopic (exact) mass is 390 g/mol. The van der Waals surface area contributed by atoms with E-state index in [1.807, 2.05) is 12.1 Å². The Labute approximate surface area is 161 Å². The van der Waals surface area contributed by atoms with Gasteiger partial charge in [0.25, 0.3) is 5.91 Å². The first-order chi connectivity index (χ1) is 13.0. The van der Waals surface area contributed by atoms with Crippen LogP contribution in [0.4, 0.5) is 0 Å². The summed E-state index contributed by atoms with van der Waals surface area (Å²) in [4.78, 5) is 34.9. The molecule has 2 aromatic rings. The van der Waals surface area contributed by atoms with Crippen molar-refractivity contribution >= 4 is 29.4 Å². The number of para-hydroxylation sites is 1. The molecule has 0 unspecified atom stereocenters. The minimum atomic E-state index is -0.697. The van der Waals surface area contributed by atoms with E-state index in [1.165, 1.54) is 7.05 Å². The van der Waals surface area contributed by atoms with E-state index in [9.17, 15) is 14.4 Å². The molecule has 0 saturated heterocycles. The maximum Gasteiger partial charge on any atom is 0.342 e. The molecule has 0 bridgehead atoms. The lowest BCUT2D eigenvalue weighted by Crippen LogP contribution is -2.37. The molecular formula is C19H19ClN2O5. The van der Waals surface area contributed by atoms with Crippen molar-refractivity contribution < 1.29 is 23.9 Å². The molecule has 0 aromatic heterocycles. The van der Waals surface area contributed by atoms with Crippen LogP contribution in [0.5, 0.6) is 5.75 Å². The van der Waals surface area contributed by atoms with Crippen molar-refractivity contribution in [3.63, 3.8) is 0 Å². The number of rotatable bonds is 8. The standard InChI is InChI=1S/C19H19ClN2O5/c1-21-17(23)10-22-18(24)12-27-19(25)15-4-2-3-5-16(15)26-11-13-6-8-14(20)9-7-13/h2-9H,10-12H2,1H3,(H,21,23)(H,22,24). The normalized spacial score (nSPS) is 10.0. The van der Waals surface area contributed by atoms with Crippen molar-refractivity contribution in [2.45, 2.75) is 6.61 Å². The van der Waals surface area contributed by atoms with Gasteiger partial charge in [-0.15, -0.1) is 0 Å². The summed E-state index contributed by atoms with van der Waals surface area (Å²) in [5, 5.41) is 5.32. The lowest BCUT2D eigenvalue weighted by atomic mass is 10.2. The second-order valence-electron chi connectivity index (χ2n) is 5.44. The van der Waals surface area contributed by atoms with Gasteiger partial charge in [-0.05, 0) is 29.8 Å². The smallest absolute Gasteiger partial charge is 0.342 e. The predicted octanol–water partition coefficient (Wildman–Crippen LogP) is 1.94. The molecule has 2 aromatic carbocycles. The Morgan fingerprint density at radius 2 is 1.70 bits per heavy atom. The van der Waals surface area contributed by atoms with Gasteiger partial charge in [0, 0.05) is 12.1 Å². The molecule has 0 saturated carbocycles. The summed E-state index contributed by atoms with van der Waals surface area (Å²) < 4.78 is 10.7. The van der Waals surface area contributed by atoms with Crippen LogP contribution in [0.3, 0.4) is 0 Å². The molecule has 0 fully saturated rings. The van der Waals surface area contributed by atoms with Crippen LogP contribution < -0.4 is 15.4 Å². The van der Waals surface area contributed by atoms with Crippen molar-refractivity contribution in [1.29, 1.82) is 0 Å². The molecule has 0 aliphatic heterocycles. The van der Waals surface area contributed by atoms with Crippen LogP contribution in [0.1, 0.15) is 15.9 Å². The third-order valence-corrected chi connectivity index (χ3v) is 3.73. The van der Waals surface area contributed by atoms with E-state index in [-0.39, 0.29) is 24.6 Å². The highest BCUT2D eigenvalue weighted by molar-refractivity contribution is 6.30. The molecule has 0 radical (unpaired) electrons. The Hall–Kier alpha value is -3.06. The largest absolute Gasteiger partial charge is 0.488 e. The first-order valence-corrected chi connectivity index (χ1v) is 8.48. The molecule has 0 atom stereocenters. The third-order valence-electron chi connectivity index (χ3n) is 3.47. The summed E-state index contributed by atoms with van der Waals surface area (Å²) in [6, 6.07) is 13.7. The number of esters is 1. The lowest BCUT2D eigenvalue weighted by molar-refractivity contribution is -0.127. The summed E-state index contributed by atoms with van der Waals surface area (Å²) in [5.74, 6) is -1.29. The van der Waals surface area contributed by atoms with Gasteiger partial charge >= 0.3 is 5.97 Å². The van der Waals surface area contributed by atoms with Gasteiger partial charge in [-0.25, -0.2) is 4.79 Å². The number of likely N-dealkylation sites (N-methyl/N-ethyl adjacent to an activating group) is 1. The minimum Gasteiger partial charge on any atom is -0.488 e. The number of amides is 2. The molecule has 0 heterocycles. The van der Waals surface area contributed by atoms with Crippen LogP contribution in [0.15, 0.2) is 48.5 Å². The molecule has 0 aliphatic rings. The Kier molecular flexibility index (Phi) is 7.63. The van der Waals surface area contributed by atoms with E-state index in [2.05, 4.69) is 10.6 Å². The average Bonchev–Trinajstić information content (AvgIpc) is 2.70. The van der Waals surface area contributed by atoms with Gasteiger partial charge in [-0.2, -0.15) is 0 Å². The molecule has 7 nitrogen and oxygen atoms in total. The minimum absolute atomic E-state index is 0.187. The summed E-state index contributed by atoms with van der Waals surface area (Å²) in [6.45, 7) is -0.441. The topological polar surface area (TPSA) is 93.7 Å². The zero-order valence-corrected chi connectivity index (χ0v) is 15.4. The fraction of sp³-hybridized carbons (Fsp3) is 0.211. The first kappa shape index (κ1) is 20.3. The average molecular weight is 391 g/mol. The number of halogens is 1. The summed E-state index contributed by atoms with van der Waals surface area (Å²) in [6.07, 6.45) is 0. The van der Waals surface area contributed by atoms with Gasteiger partial charge in [-0.1, -0.05) is 35.9 Å². The van der Waals surface area contributed by atoms with Crippen LogP contribution in [0.25, 0.3) is 0 Å². The highest BCUT2D eigenvalue weighted by atomic mass is 35.5. The highest BCUT2D eigenvalue weighted by Gasteiger charge is 2.15. The van der Waals surface area contributed by atoms with Gasteiger partial charge in [0.05, 0.1) is 6.54 Å². The Morgan fingerprint density at radius 3 is 2.41 bits per heavy atom. The molecule has 2 N–H and O–H groups in total. The van der Waals surface area contributed by atoms with E-state index in [0.29, 0.717) is 10.8 Å². The number of hydrogen-bond acceptors (Lipinski definition) is 5. The van der Waals surface area contributed by atoms with Crippen LogP contribution in [-0.4, -0.2) is 38.0 Å². The fourth-order valence-electron chi connectivity index (χ4n) is 2.03. The lowest BCUT2D eigenvalue weighted by Gasteiger charge is -2.11. The predicted molar refractivity (Wildman–Crippen MR) is 99.6 cm³/mol. The van der Waals surface area contributed by atoms with Crippen LogP contribution >= 0.6 is 11.6 Å². The van der Waals surface area contributed by atoms with Crippen molar-refractivity contribution in [3.05, 3.63) is 64.7 Å². The molecule has 8 heteroatoms. The second-order valence-corrected chi connectivity index (χ2v) is 5.87. The van der Waals surface area contributed by atoms with Crippen molar-refractivity contribution in [3.8, 4) is 5.75 Å². The quantitative estimate of drug-likeness (QED) is 0.672. The number of nitrogens with one attached hydrogen (secondary N) is 2. The van der Waals surface area contributed by atoms with Crippen LogP contribution in [0.2, 0.25) is 5.02 Å².